The van der Waals surface area contributed by atoms with Crippen LogP contribution in [-0.2, 0) is 27.4 Å². The molecule has 3 aliphatic rings. The summed E-state index contributed by atoms with van der Waals surface area (Å²) in [5.41, 5.74) is 1.80. The van der Waals surface area contributed by atoms with Gasteiger partial charge in [0.15, 0.2) is 0 Å². The molecule has 2 aromatic rings. The standard InChI is InChI=1S/C22H24N6O5/c1-26(10-14-11-27(25-24-14)9-13-7-8-33-12-13)16-4-2-3-15-19(16)22(32)28(21(15)31)17-5-6-18(29)23-20(17)30/h2-4,11,13,17H,5-10,12H2,1H3,(H,23,29,30). The molecule has 0 aliphatic carbocycles. The fraction of sp³-hybridized carbons (Fsp3) is 0.455. The maximum atomic E-state index is 13.3. The van der Waals surface area contributed by atoms with E-state index in [9.17, 15) is 19.2 Å². The van der Waals surface area contributed by atoms with Gasteiger partial charge in [0, 0.05) is 32.5 Å². The molecule has 2 fully saturated rings. The molecule has 0 bridgehead atoms. The molecule has 4 amide bonds. The number of benzene rings is 1. The Bertz CT molecular complexity index is 1140. The number of hydrogen-bond donors (Lipinski definition) is 1. The first kappa shape index (κ1) is 21.3. The van der Waals surface area contributed by atoms with Crippen LogP contribution in [0.25, 0.3) is 0 Å². The van der Waals surface area contributed by atoms with Crippen LogP contribution in [-0.4, -0.2) is 69.8 Å². The van der Waals surface area contributed by atoms with E-state index in [1.54, 1.807) is 22.9 Å². The van der Waals surface area contributed by atoms with Gasteiger partial charge >= 0.3 is 0 Å². The quantitative estimate of drug-likeness (QED) is 0.622. The van der Waals surface area contributed by atoms with Crippen LogP contribution in [0.5, 0.6) is 0 Å². The number of hydrogen-bond acceptors (Lipinski definition) is 8. The number of aromatic nitrogens is 3. The van der Waals surface area contributed by atoms with E-state index in [2.05, 4.69) is 15.6 Å². The Kier molecular flexibility index (Phi) is 5.41. The van der Waals surface area contributed by atoms with E-state index in [0.29, 0.717) is 18.2 Å². The molecule has 1 aromatic heterocycles. The Hall–Kier alpha value is -3.60. The first-order chi connectivity index (χ1) is 15.9. The fourth-order valence-electron chi connectivity index (χ4n) is 4.64. The molecule has 33 heavy (non-hydrogen) atoms. The zero-order chi connectivity index (χ0) is 23.1. The van der Waals surface area contributed by atoms with Crippen molar-refractivity contribution in [1.82, 2.24) is 25.2 Å². The summed E-state index contributed by atoms with van der Waals surface area (Å²) in [4.78, 5) is 52.9. The van der Waals surface area contributed by atoms with Gasteiger partial charge in [0.05, 0.1) is 36.2 Å². The molecule has 1 aromatic carbocycles. The third kappa shape index (κ3) is 3.88. The van der Waals surface area contributed by atoms with Crippen LogP contribution in [0.1, 0.15) is 45.7 Å². The number of carbonyl (C=O) groups is 4. The van der Waals surface area contributed by atoms with E-state index in [4.69, 9.17) is 4.74 Å². The van der Waals surface area contributed by atoms with Gasteiger partial charge in [0.1, 0.15) is 11.7 Å². The van der Waals surface area contributed by atoms with E-state index in [1.807, 2.05) is 18.1 Å². The number of nitrogens with one attached hydrogen (secondary N) is 1. The zero-order valence-electron chi connectivity index (χ0n) is 18.2. The van der Waals surface area contributed by atoms with Crippen molar-refractivity contribution in [2.75, 3.05) is 25.2 Å². The second-order valence-corrected chi connectivity index (χ2v) is 8.66. The normalized spacial score (nSPS) is 22.6. The summed E-state index contributed by atoms with van der Waals surface area (Å²) in [6, 6.07) is 4.06. The summed E-state index contributed by atoms with van der Waals surface area (Å²) in [7, 11) is 1.81. The molecule has 0 spiro atoms. The molecule has 11 heteroatoms. The molecule has 0 saturated carbocycles. The van der Waals surface area contributed by atoms with Crippen molar-refractivity contribution in [3.63, 3.8) is 0 Å². The van der Waals surface area contributed by atoms with Gasteiger partial charge in [0.2, 0.25) is 11.8 Å². The van der Waals surface area contributed by atoms with E-state index in [1.165, 1.54) is 0 Å². The second kappa shape index (κ2) is 8.39. The van der Waals surface area contributed by atoms with Crippen molar-refractivity contribution >= 4 is 29.3 Å². The van der Waals surface area contributed by atoms with Crippen molar-refractivity contribution in [2.24, 2.45) is 5.92 Å². The van der Waals surface area contributed by atoms with Crippen LogP contribution in [0, 0.1) is 5.92 Å². The highest BCUT2D eigenvalue weighted by Gasteiger charge is 2.45. The molecule has 1 N–H and O–H groups in total. The van der Waals surface area contributed by atoms with Crippen LogP contribution in [0.2, 0.25) is 0 Å². The van der Waals surface area contributed by atoms with Crippen molar-refractivity contribution in [3.05, 3.63) is 41.2 Å². The maximum absolute atomic E-state index is 13.3. The molecule has 0 radical (unpaired) electrons. The lowest BCUT2D eigenvalue weighted by Crippen LogP contribution is -2.54. The summed E-state index contributed by atoms with van der Waals surface area (Å²) in [5, 5.41) is 10.6. The lowest BCUT2D eigenvalue weighted by Gasteiger charge is -2.28. The highest BCUT2D eigenvalue weighted by Crippen LogP contribution is 2.34. The molecule has 11 nitrogen and oxygen atoms in total. The largest absolute Gasteiger partial charge is 0.381 e. The molecular weight excluding hydrogens is 428 g/mol. The molecule has 5 rings (SSSR count). The van der Waals surface area contributed by atoms with Gasteiger partial charge < -0.3 is 9.64 Å². The summed E-state index contributed by atoms with van der Waals surface area (Å²) < 4.78 is 7.21. The maximum Gasteiger partial charge on any atom is 0.264 e. The van der Waals surface area contributed by atoms with Gasteiger partial charge in [-0.25, -0.2) is 0 Å². The van der Waals surface area contributed by atoms with Crippen LogP contribution in [0.4, 0.5) is 5.69 Å². The Labute approximate surface area is 189 Å². The van der Waals surface area contributed by atoms with Gasteiger partial charge in [-0.2, -0.15) is 0 Å². The van der Waals surface area contributed by atoms with E-state index >= 15 is 0 Å². The summed E-state index contributed by atoms with van der Waals surface area (Å²) in [5.74, 6) is -1.65. The first-order valence-electron chi connectivity index (χ1n) is 10.9. The van der Waals surface area contributed by atoms with Crippen molar-refractivity contribution < 1.29 is 23.9 Å². The number of piperidine rings is 1. The fourth-order valence-corrected chi connectivity index (χ4v) is 4.64. The van der Waals surface area contributed by atoms with Gasteiger partial charge in [-0.1, -0.05) is 11.3 Å². The number of imide groups is 2. The van der Waals surface area contributed by atoms with E-state index in [-0.39, 0.29) is 24.0 Å². The predicted molar refractivity (Wildman–Crippen MR) is 114 cm³/mol. The number of amides is 4. The number of anilines is 1. The average Bonchev–Trinajstić information content (AvgIpc) is 3.51. The Balaban J connectivity index is 1.35. The topological polar surface area (TPSA) is 127 Å². The predicted octanol–water partition coefficient (Wildman–Crippen LogP) is 0.352. The third-order valence-corrected chi connectivity index (χ3v) is 6.31. The van der Waals surface area contributed by atoms with Gasteiger partial charge in [-0.05, 0) is 25.0 Å². The summed E-state index contributed by atoms with van der Waals surface area (Å²) >= 11 is 0. The van der Waals surface area contributed by atoms with Gasteiger partial charge in [-0.15, -0.1) is 5.10 Å². The third-order valence-electron chi connectivity index (χ3n) is 6.31. The minimum atomic E-state index is -0.993. The zero-order valence-corrected chi connectivity index (χ0v) is 18.2. The summed E-state index contributed by atoms with van der Waals surface area (Å²) in [6.07, 6.45) is 3.08. The first-order valence-corrected chi connectivity index (χ1v) is 10.9. The molecule has 4 heterocycles. The number of ether oxygens (including phenoxy) is 1. The minimum absolute atomic E-state index is 0.0826. The lowest BCUT2D eigenvalue weighted by atomic mass is 10.0. The van der Waals surface area contributed by atoms with Gasteiger partial charge in [-0.3, -0.25) is 34.1 Å². The Morgan fingerprint density at radius 1 is 1.18 bits per heavy atom. The van der Waals surface area contributed by atoms with Gasteiger partial charge in [0.25, 0.3) is 11.8 Å². The number of nitrogens with zero attached hydrogens (tertiary/aromatic N) is 5. The average molecular weight is 452 g/mol. The van der Waals surface area contributed by atoms with Crippen LogP contribution < -0.4 is 10.2 Å². The monoisotopic (exact) mass is 452 g/mol. The second-order valence-electron chi connectivity index (χ2n) is 8.66. The van der Waals surface area contributed by atoms with Crippen LogP contribution in [0.3, 0.4) is 0 Å². The van der Waals surface area contributed by atoms with Crippen molar-refractivity contribution in [2.45, 2.75) is 38.4 Å². The number of carbonyl (C=O) groups excluding carboxylic acids is 4. The smallest absolute Gasteiger partial charge is 0.264 e. The van der Waals surface area contributed by atoms with Crippen LogP contribution >= 0.6 is 0 Å². The molecule has 172 valence electrons. The Morgan fingerprint density at radius 3 is 2.79 bits per heavy atom. The van der Waals surface area contributed by atoms with Crippen LogP contribution in [0.15, 0.2) is 24.4 Å². The summed E-state index contributed by atoms with van der Waals surface area (Å²) in [6.45, 7) is 2.63. The highest BCUT2D eigenvalue weighted by atomic mass is 16.5. The Morgan fingerprint density at radius 2 is 2.03 bits per heavy atom. The molecule has 2 atom stereocenters. The van der Waals surface area contributed by atoms with Crippen molar-refractivity contribution in [3.8, 4) is 0 Å². The SMILES string of the molecule is CN(Cc1cn(CC2CCOC2)nn1)c1cccc2c1C(=O)N(C1CCC(=O)NC1=O)C2=O. The molecule has 2 unspecified atom stereocenters. The van der Waals surface area contributed by atoms with E-state index in [0.717, 1.165) is 36.8 Å². The minimum Gasteiger partial charge on any atom is -0.381 e. The molecular formula is C22H24N6O5. The lowest BCUT2D eigenvalue weighted by molar-refractivity contribution is -0.136. The van der Waals surface area contributed by atoms with E-state index < -0.39 is 29.7 Å². The molecule has 3 aliphatic heterocycles. The number of rotatable bonds is 6. The number of fused-ring (bicyclic) bond motifs is 1. The highest BCUT2D eigenvalue weighted by molar-refractivity contribution is 6.25. The van der Waals surface area contributed by atoms with Crippen molar-refractivity contribution in [1.29, 1.82) is 0 Å². The molecule has 2 saturated heterocycles.